The third-order valence-electron chi connectivity index (χ3n) is 3.02. The number of benzene rings is 1. The van der Waals surface area contributed by atoms with Crippen molar-refractivity contribution in [2.24, 2.45) is 5.92 Å². The Balaban J connectivity index is 2.80. The lowest BCUT2D eigenvalue weighted by molar-refractivity contribution is -0.142. The zero-order chi connectivity index (χ0) is 13.7. The third kappa shape index (κ3) is 3.47. The molecule has 2 atom stereocenters. The average molecular weight is 252 g/mol. The van der Waals surface area contributed by atoms with Gasteiger partial charge in [-0.15, -0.1) is 0 Å². The zero-order valence-corrected chi connectivity index (χ0v) is 11.3. The first-order valence-electron chi connectivity index (χ1n) is 5.89. The monoisotopic (exact) mass is 252 g/mol. The van der Waals surface area contributed by atoms with Gasteiger partial charge in [0.15, 0.2) is 0 Å². The van der Waals surface area contributed by atoms with Crippen molar-refractivity contribution in [3.05, 3.63) is 29.3 Å². The van der Waals surface area contributed by atoms with Crippen LogP contribution in [0.3, 0.4) is 0 Å². The van der Waals surface area contributed by atoms with Crippen molar-refractivity contribution in [3.63, 3.8) is 0 Å². The molecule has 0 aliphatic heterocycles. The molecule has 0 aliphatic rings. The molecule has 0 radical (unpaired) electrons. The SMILES string of the molecule is COC(=O)CC(C)C(O)c1ccc(OC)c(C)c1. The predicted molar refractivity (Wildman–Crippen MR) is 68.5 cm³/mol. The molecule has 4 heteroatoms. The Morgan fingerprint density at radius 1 is 1.39 bits per heavy atom. The summed E-state index contributed by atoms with van der Waals surface area (Å²) in [6.07, 6.45) is -0.489. The smallest absolute Gasteiger partial charge is 0.305 e. The van der Waals surface area contributed by atoms with Crippen LogP contribution in [0.4, 0.5) is 0 Å². The number of aryl methyl sites for hydroxylation is 1. The molecule has 0 fully saturated rings. The first-order chi connectivity index (χ1) is 8.49. The van der Waals surface area contributed by atoms with Crippen LogP contribution in [-0.4, -0.2) is 25.3 Å². The number of methoxy groups -OCH3 is 2. The molecule has 2 unspecified atom stereocenters. The summed E-state index contributed by atoms with van der Waals surface area (Å²) in [5.41, 5.74) is 1.74. The number of carbonyl (C=O) groups excluding carboxylic acids is 1. The first-order valence-corrected chi connectivity index (χ1v) is 5.89. The lowest BCUT2D eigenvalue weighted by Gasteiger charge is -2.19. The Hall–Kier alpha value is -1.55. The molecule has 100 valence electrons. The number of hydrogen-bond donors (Lipinski definition) is 1. The molecule has 1 rings (SSSR count). The molecule has 0 saturated heterocycles. The molecular formula is C14H20O4. The van der Waals surface area contributed by atoms with Crippen LogP contribution in [0.15, 0.2) is 18.2 Å². The molecule has 0 bridgehead atoms. The molecule has 0 aliphatic carbocycles. The molecule has 1 aromatic carbocycles. The quantitative estimate of drug-likeness (QED) is 0.816. The van der Waals surface area contributed by atoms with Crippen LogP contribution >= 0.6 is 0 Å². The highest BCUT2D eigenvalue weighted by Crippen LogP contribution is 2.28. The lowest BCUT2D eigenvalue weighted by atomic mass is 9.93. The number of esters is 1. The van der Waals surface area contributed by atoms with Crippen molar-refractivity contribution in [1.82, 2.24) is 0 Å². The summed E-state index contributed by atoms with van der Waals surface area (Å²) in [5, 5.41) is 10.2. The minimum atomic E-state index is -0.686. The minimum Gasteiger partial charge on any atom is -0.496 e. The number of rotatable bonds is 5. The maximum absolute atomic E-state index is 11.2. The summed E-state index contributed by atoms with van der Waals surface area (Å²) in [4.78, 5) is 11.2. The van der Waals surface area contributed by atoms with Crippen LogP contribution in [-0.2, 0) is 9.53 Å². The Morgan fingerprint density at radius 3 is 2.56 bits per heavy atom. The van der Waals surface area contributed by atoms with E-state index in [2.05, 4.69) is 4.74 Å². The largest absolute Gasteiger partial charge is 0.496 e. The normalized spacial score (nSPS) is 13.8. The van der Waals surface area contributed by atoms with E-state index in [0.717, 1.165) is 16.9 Å². The highest BCUT2D eigenvalue weighted by atomic mass is 16.5. The van der Waals surface area contributed by atoms with Gasteiger partial charge in [-0.25, -0.2) is 0 Å². The van der Waals surface area contributed by atoms with Crippen LogP contribution in [0.1, 0.15) is 30.6 Å². The number of carbonyl (C=O) groups is 1. The molecule has 1 aromatic rings. The molecule has 0 spiro atoms. The Bertz CT molecular complexity index is 414. The van der Waals surface area contributed by atoms with Crippen molar-refractivity contribution in [2.75, 3.05) is 14.2 Å². The molecule has 0 saturated carbocycles. The van der Waals surface area contributed by atoms with Crippen LogP contribution in [0.25, 0.3) is 0 Å². The molecule has 0 amide bonds. The molecule has 4 nitrogen and oxygen atoms in total. The van der Waals surface area contributed by atoms with Crippen molar-refractivity contribution < 1.29 is 19.4 Å². The average Bonchev–Trinajstić information content (AvgIpc) is 2.37. The summed E-state index contributed by atoms with van der Waals surface area (Å²) in [6, 6.07) is 5.50. The topological polar surface area (TPSA) is 55.8 Å². The van der Waals surface area contributed by atoms with E-state index in [-0.39, 0.29) is 18.3 Å². The Morgan fingerprint density at radius 2 is 2.06 bits per heavy atom. The van der Waals surface area contributed by atoms with E-state index in [0.29, 0.717) is 0 Å². The van der Waals surface area contributed by atoms with E-state index in [4.69, 9.17) is 4.74 Å². The number of aliphatic hydroxyl groups excluding tert-OH is 1. The van der Waals surface area contributed by atoms with Gasteiger partial charge in [0, 0.05) is 0 Å². The van der Waals surface area contributed by atoms with E-state index in [9.17, 15) is 9.90 Å². The van der Waals surface area contributed by atoms with Gasteiger partial charge in [0.05, 0.1) is 26.7 Å². The van der Waals surface area contributed by atoms with Crippen molar-refractivity contribution in [2.45, 2.75) is 26.4 Å². The van der Waals surface area contributed by atoms with Gasteiger partial charge < -0.3 is 14.6 Å². The number of hydrogen-bond acceptors (Lipinski definition) is 4. The second kappa shape index (κ2) is 6.40. The van der Waals surface area contributed by atoms with Crippen LogP contribution in [0.5, 0.6) is 5.75 Å². The van der Waals surface area contributed by atoms with Crippen LogP contribution in [0, 0.1) is 12.8 Å². The molecule has 0 aromatic heterocycles. The first kappa shape index (κ1) is 14.5. The van der Waals surface area contributed by atoms with E-state index in [1.165, 1.54) is 7.11 Å². The predicted octanol–water partition coefficient (Wildman–Crippen LogP) is 2.24. The van der Waals surface area contributed by atoms with Gasteiger partial charge in [-0.2, -0.15) is 0 Å². The van der Waals surface area contributed by atoms with Crippen LogP contribution < -0.4 is 4.74 Å². The van der Waals surface area contributed by atoms with Gasteiger partial charge >= 0.3 is 5.97 Å². The molecule has 18 heavy (non-hydrogen) atoms. The fourth-order valence-corrected chi connectivity index (χ4v) is 1.87. The fourth-order valence-electron chi connectivity index (χ4n) is 1.87. The number of ether oxygens (including phenoxy) is 2. The highest BCUT2D eigenvalue weighted by Gasteiger charge is 2.20. The minimum absolute atomic E-state index is 0.190. The summed E-state index contributed by atoms with van der Waals surface area (Å²) < 4.78 is 9.76. The standard InChI is InChI=1S/C14H20O4/c1-9-7-11(5-6-12(9)17-3)14(16)10(2)8-13(15)18-4/h5-7,10,14,16H,8H2,1-4H3. The van der Waals surface area contributed by atoms with E-state index < -0.39 is 6.10 Å². The van der Waals surface area contributed by atoms with Crippen molar-refractivity contribution >= 4 is 5.97 Å². The molecule has 1 N–H and O–H groups in total. The lowest BCUT2D eigenvalue weighted by Crippen LogP contribution is -2.15. The van der Waals surface area contributed by atoms with Crippen molar-refractivity contribution in [1.29, 1.82) is 0 Å². The Kier molecular flexibility index (Phi) is 5.16. The summed E-state index contributed by atoms with van der Waals surface area (Å²) in [6.45, 7) is 3.74. The maximum Gasteiger partial charge on any atom is 0.305 e. The summed E-state index contributed by atoms with van der Waals surface area (Å²) in [5.74, 6) is 0.281. The zero-order valence-electron chi connectivity index (χ0n) is 11.3. The fraction of sp³-hybridized carbons (Fsp3) is 0.500. The Labute approximate surface area is 108 Å². The van der Waals surface area contributed by atoms with Gasteiger partial charge in [-0.05, 0) is 36.1 Å². The second-order valence-electron chi connectivity index (χ2n) is 4.43. The highest BCUT2D eigenvalue weighted by molar-refractivity contribution is 5.69. The summed E-state index contributed by atoms with van der Waals surface area (Å²) in [7, 11) is 2.96. The van der Waals surface area contributed by atoms with E-state index in [1.54, 1.807) is 7.11 Å². The van der Waals surface area contributed by atoms with E-state index in [1.807, 2.05) is 32.0 Å². The van der Waals surface area contributed by atoms with Gasteiger partial charge in [0.25, 0.3) is 0 Å². The molecular weight excluding hydrogens is 232 g/mol. The second-order valence-corrected chi connectivity index (χ2v) is 4.43. The van der Waals surface area contributed by atoms with Gasteiger partial charge in [0.2, 0.25) is 0 Å². The number of aliphatic hydroxyl groups is 1. The van der Waals surface area contributed by atoms with Gasteiger partial charge in [-0.3, -0.25) is 4.79 Å². The maximum atomic E-state index is 11.2. The summed E-state index contributed by atoms with van der Waals surface area (Å²) >= 11 is 0. The van der Waals surface area contributed by atoms with Crippen LogP contribution in [0.2, 0.25) is 0 Å². The van der Waals surface area contributed by atoms with Crippen molar-refractivity contribution in [3.8, 4) is 5.75 Å². The van der Waals surface area contributed by atoms with Gasteiger partial charge in [0.1, 0.15) is 5.75 Å². The molecule has 0 heterocycles. The third-order valence-corrected chi connectivity index (χ3v) is 3.02. The van der Waals surface area contributed by atoms with E-state index >= 15 is 0 Å². The van der Waals surface area contributed by atoms with Gasteiger partial charge in [-0.1, -0.05) is 13.0 Å².